The number of hydrogen-bond donors (Lipinski definition) is 0. The monoisotopic (exact) mass is 805 g/mol. The molecule has 46 heavy (non-hydrogen) atoms. The number of ether oxygens (including phenoxy) is 1. The van der Waals surface area contributed by atoms with E-state index in [1.807, 2.05) is 40.8 Å². The third-order valence-electron chi connectivity index (χ3n) is 9.18. The maximum Gasteiger partial charge on any atom is 2.00 e. The molecule has 3 aromatic heterocycles. The van der Waals surface area contributed by atoms with E-state index >= 15 is 0 Å². The van der Waals surface area contributed by atoms with E-state index in [9.17, 15) is 0 Å². The normalized spacial score (nSPS) is 18.1. The molecule has 6 aromatic rings. The molecule has 0 saturated heterocycles. The summed E-state index contributed by atoms with van der Waals surface area (Å²) < 4.78 is 10.7. The summed E-state index contributed by atoms with van der Waals surface area (Å²) in [5.41, 5.74) is 10.1. The largest absolute Gasteiger partial charge is 2.00 e. The number of aromatic nitrogens is 4. The van der Waals surface area contributed by atoms with Crippen molar-refractivity contribution in [2.24, 2.45) is 5.92 Å². The summed E-state index contributed by atoms with van der Waals surface area (Å²) in [6.07, 6.45) is 7.70. The van der Waals surface area contributed by atoms with Gasteiger partial charge in [0.05, 0.1) is 5.69 Å². The molecule has 3 atom stereocenters. The van der Waals surface area contributed by atoms with Gasteiger partial charge in [-0.05, 0) is 81.1 Å². The summed E-state index contributed by atoms with van der Waals surface area (Å²) in [5.74, 6) is 3.05. The Hall–Kier alpha value is -3.60. The Morgan fingerprint density at radius 1 is 0.891 bits per heavy atom. The number of pyridine rings is 1. The Balaban J connectivity index is 0.00000372. The van der Waals surface area contributed by atoms with E-state index in [0.29, 0.717) is 28.6 Å². The first-order chi connectivity index (χ1) is 21.7. The van der Waals surface area contributed by atoms with Crippen LogP contribution in [0.4, 0.5) is 0 Å². The van der Waals surface area contributed by atoms with Gasteiger partial charge in [-0.1, -0.05) is 49.2 Å². The van der Waals surface area contributed by atoms with Crippen molar-refractivity contribution in [1.29, 1.82) is 0 Å². The zero-order valence-corrected chi connectivity index (χ0v) is 30.4. The summed E-state index contributed by atoms with van der Waals surface area (Å²) in [7, 11) is 0. The van der Waals surface area contributed by atoms with Crippen LogP contribution in [0.15, 0.2) is 78.5 Å². The maximum atomic E-state index is 6.49. The summed E-state index contributed by atoms with van der Waals surface area (Å²) in [6, 6.07) is 27.9. The Kier molecular flexibility index (Phi) is 9.06. The van der Waals surface area contributed by atoms with Crippen LogP contribution in [0.25, 0.3) is 33.3 Å². The van der Waals surface area contributed by atoms with Gasteiger partial charge >= 0.3 is 21.1 Å². The van der Waals surface area contributed by atoms with Crippen LogP contribution in [0.1, 0.15) is 54.3 Å². The van der Waals surface area contributed by atoms with Crippen molar-refractivity contribution in [3.05, 3.63) is 119 Å². The predicted octanol–water partition coefficient (Wildman–Crippen LogP) is 9.79. The topological polar surface area (TPSA) is 44.9 Å². The smallest absolute Gasteiger partial charge is 0.509 e. The third-order valence-corrected chi connectivity index (χ3v) is 10.1. The first kappa shape index (κ1) is 32.3. The summed E-state index contributed by atoms with van der Waals surface area (Å²) in [6.45, 7) is 13.2. The molecule has 0 bridgehead atoms. The second-order valence-corrected chi connectivity index (χ2v) is 13.6. The van der Waals surface area contributed by atoms with Gasteiger partial charge in [0.2, 0.25) is 0 Å². The number of para-hydroxylation sites is 1. The molecule has 3 aromatic carbocycles. The fraction of sp³-hybridized carbons (Fsp3) is 0.282. The van der Waals surface area contributed by atoms with Gasteiger partial charge in [-0.2, -0.15) is 28.5 Å². The van der Waals surface area contributed by atoms with Crippen molar-refractivity contribution in [2.45, 2.75) is 59.1 Å². The zero-order chi connectivity index (χ0) is 31.4. The van der Waals surface area contributed by atoms with Crippen LogP contribution in [0.5, 0.6) is 11.5 Å². The van der Waals surface area contributed by atoms with Crippen LogP contribution in [0.2, 0.25) is 0 Å². The van der Waals surface area contributed by atoms with Crippen molar-refractivity contribution in [3.8, 4) is 23.0 Å². The van der Waals surface area contributed by atoms with Gasteiger partial charge in [-0.25, -0.2) is 4.98 Å². The molecular weight excluding hydrogens is 768 g/mol. The molecule has 1 aliphatic carbocycles. The molecule has 0 spiro atoms. The van der Waals surface area contributed by atoms with E-state index in [1.54, 1.807) is 0 Å². The molecule has 236 valence electrons. The molecule has 0 radical (unpaired) electrons. The van der Waals surface area contributed by atoms with E-state index in [0.717, 1.165) is 55.8 Å². The average Bonchev–Trinajstić information content (AvgIpc) is 3.49. The van der Waals surface area contributed by atoms with Gasteiger partial charge in [-0.3, -0.25) is 4.68 Å². The minimum absolute atomic E-state index is 0. The number of hydrogen-bond acceptors (Lipinski definition) is 4. The SMILES string of the molecule is CS[C@H]1C=C(C)C(c2c(C)nn(-c3[c-]c(Oc4[c-]c5c(cc4)c4ccccc4n5-c4cc(C)ccn4)cc(C)c3)c2C)[C@@H](C)C1.[Pt+2]. The Morgan fingerprint density at radius 2 is 1.70 bits per heavy atom. The molecule has 3 heterocycles. The number of nitrogens with zero attached hydrogens (tertiary/aromatic N) is 4. The van der Waals surface area contributed by atoms with E-state index in [2.05, 4.69) is 113 Å². The van der Waals surface area contributed by atoms with Gasteiger partial charge < -0.3 is 9.30 Å². The molecule has 0 amide bonds. The van der Waals surface area contributed by atoms with Crippen molar-refractivity contribution in [3.63, 3.8) is 0 Å². The molecule has 5 nitrogen and oxygen atoms in total. The van der Waals surface area contributed by atoms with E-state index in [1.165, 1.54) is 17.6 Å². The molecule has 7 heteroatoms. The first-order valence-corrected chi connectivity index (χ1v) is 16.9. The van der Waals surface area contributed by atoms with Crippen molar-refractivity contribution < 1.29 is 25.8 Å². The van der Waals surface area contributed by atoms with Crippen LogP contribution in [-0.4, -0.2) is 30.8 Å². The molecule has 0 saturated carbocycles. The quantitative estimate of drug-likeness (QED) is 0.124. The van der Waals surface area contributed by atoms with Crippen molar-refractivity contribution >= 4 is 33.6 Å². The second-order valence-electron chi connectivity index (χ2n) is 12.5. The number of allylic oxidation sites excluding steroid dienone is 1. The summed E-state index contributed by atoms with van der Waals surface area (Å²) >= 11 is 1.94. The Morgan fingerprint density at radius 3 is 2.46 bits per heavy atom. The van der Waals surface area contributed by atoms with Crippen LogP contribution in [0, 0.1) is 45.7 Å². The number of aryl methyl sites for hydroxylation is 3. The van der Waals surface area contributed by atoms with Crippen LogP contribution >= 0.6 is 11.8 Å². The van der Waals surface area contributed by atoms with Gasteiger partial charge in [0.15, 0.2) is 0 Å². The van der Waals surface area contributed by atoms with Crippen LogP contribution in [0.3, 0.4) is 0 Å². The van der Waals surface area contributed by atoms with E-state index in [-0.39, 0.29) is 21.1 Å². The third kappa shape index (κ3) is 5.75. The second kappa shape index (κ2) is 12.9. The zero-order valence-electron chi connectivity index (χ0n) is 27.3. The molecule has 0 N–H and O–H groups in total. The molecular formula is C39H38N4OPtS. The number of rotatable bonds is 6. The Labute approximate surface area is 290 Å². The van der Waals surface area contributed by atoms with Crippen molar-refractivity contribution in [2.75, 3.05) is 6.26 Å². The number of fused-ring (bicyclic) bond motifs is 3. The summed E-state index contributed by atoms with van der Waals surface area (Å²) in [4.78, 5) is 4.70. The van der Waals surface area contributed by atoms with E-state index < -0.39 is 0 Å². The minimum Gasteiger partial charge on any atom is -0.509 e. The maximum absolute atomic E-state index is 6.49. The molecule has 1 aliphatic rings. The van der Waals surface area contributed by atoms with Gasteiger partial charge in [-0.15, -0.1) is 35.7 Å². The predicted molar refractivity (Wildman–Crippen MR) is 186 cm³/mol. The number of benzene rings is 3. The minimum atomic E-state index is 0. The molecule has 1 unspecified atom stereocenters. The van der Waals surface area contributed by atoms with Gasteiger partial charge in [0, 0.05) is 45.6 Å². The summed E-state index contributed by atoms with van der Waals surface area (Å²) in [5, 5.41) is 7.90. The van der Waals surface area contributed by atoms with Crippen LogP contribution < -0.4 is 4.74 Å². The first-order valence-electron chi connectivity index (χ1n) is 15.6. The molecule has 7 rings (SSSR count). The fourth-order valence-electron chi connectivity index (χ4n) is 7.20. The van der Waals surface area contributed by atoms with Gasteiger partial charge in [0.1, 0.15) is 5.82 Å². The number of thioether (sulfide) groups is 1. The Bertz CT molecular complexity index is 2110. The standard InChI is InChI=1S/C39H38N4OS.Pt/c1-23-14-15-40-37(18-23)42-35-11-9-8-10-33(35)34-13-12-30(22-36(34)42)44-31-17-24(2)16-29(21-31)43-28(6)39(27(5)41-43)38-25(3)19-32(45-7)20-26(38)4;/h8-19,26,32,38H,20H2,1-7H3;/q-2;+2/t26-,32-,38?;/m0./s1. The van der Waals surface area contributed by atoms with E-state index in [4.69, 9.17) is 14.8 Å². The molecule has 0 fully saturated rings. The van der Waals surface area contributed by atoms with Gasteiger partial charge in [0.25, 0.3) is 0 Å². The van der Waals surface area contributed by atoms with Crippen molar-refractivity contribution in [1.82, 2.24) is 19.3 Å². The molecule has 0 aliphatic heterocycles. The van der Waals surface area contributed by atoms with Crippen LogP contribution in [-0.2, 0) is 21.1 Å². The average molecular weight is 806 g/mol. The fourth-order valence-corrected chi connectivity index (χ4v) is 8.04.